The van der Waals surface area contributed by atoms with E-state index in [4.69, 9.17) is 4.74 Å². The summed E-state index contributed by atoms with van der Waals surface area (Å²) < 4.78 is 7.14. The van der Waals surface area contributed by atoms with Crippen LogP contribution in [0.3, 0.4) is 0 Å². The molecule has 1 heterocycles. The average molecular weight is 441 g/mol. The SMILES string of the molecule is CC1CCC23CCC4(C)C5(C)CCC6C(C)(C)C(O)CCC6(C)C5C=CC4(OC2)C3C1C. The van der Waals surface area contributed by atoms with Gasteiger partial charge in [-0.25, -0.2) is 0 Å². The van der Waals surface area contributed by atoms with Crippen molar-refractivity contribution in [3.63, 3.8) is 0 Å². The third-order valence-corrected chi connectivity index (χ3v) is 13.9. The summed E-state index contributed by atoms with van der Waals surface area (Å²) >= 11 is 0. The molecule has 32 heavy (non-hydrogen) atoms. The van der Waals surface area contributed by atoms with Gasteiger partial charge < -0.3 is 9.84 Å². The predicted octanol–water partition coefficient (Wildman–Crippen LogP) is 7.01. The van der Waals surface area contributed by atoms with E-state index in [0.717, 1.165) is 31.3 Å². The van der Waals surface area contributed by atoms with Crippen molar-refractivity contribution in [1.29, 1.82) is 0 Å². The Hall–Kier alpha value is -0.340. The normalized spacial score (nSPS) is 62.5. The van der Waals surface area contributed by atoms with E-state index >= 15 is 0 Å². The smallest absolute Gasteiger partial charge is 0.0958 e. The topological polar surface area (TPSA) is 29.5 Å². The van der Waals surface area contributed by atoms with Crippen molar-refractivity contribution < 1.29 is 9.84 Å². The summed E-state index contributed by atoms with van der Waals surface area (Å²) in [6, 6.07) is 0. The van der Waals surface area contributed by atoms with Crippen LogP contribution in [0.5, 0.6) is 0 Å². The van der Waals surface area contributed by atoms with Crippen LogP contribution in [0.15, 0.2) is 12.2 Å². The van der Waals surface area contributed by atoms with E-state index in [9.17, 15) is 5.11 Å². The molecule has 0 radical (unpaired) electrons. The first kappa shape index (κ1) is 22.1. The minimum Gasteiger partial charge on any atom is -0.393 e. The molecule has 4 saturated carbocycles. The van der Waals surface area contributed by atoms with Gasteiger partial charge in [0.2, 0.25) is 0 Å². The summed E-state index contributed by atoms with van der Waals surface area (Å²) in [5, 5.41) is 10.9. The summed E-state index contributed by atoms with van der Waals surface area (Å²) in [5.41, 5.74) is 1.10. The summed E-state index contributed by atoms with van der Waals surface area (Å²) in [6.07, 6.45) is 15.3. The summed E-state index contributed by atoms with van der Waals surface area (Å²) in [7, 11) is 0. The van der Waals surface area contributed by atoms with E-state index in [2.05, 4.69) is 60.6 Å². The van der Waals surface area contributed by atoms with Crippen molar-refractivity contribution in [3.05, 3.63) is 12.2 Å². The number of aliphatic hydroxyl groups is 1. The van der Waals surface area contributed by atoms with Crippen molar-refractivity contribution in [1.82, 2.24) is 0 Å². The maximum atomic E-state index is 10.9. The Morgan fingerprint density at radius 1 is 0.875 bits per heavy atom. The lowest BCUT2D eigenvalue weighted by Gasteiger charge is -2.73. The Bertz CT molecular complexity index is 846. The van der Waals surface area contributed by atoms with E-state index in [1.807, 2.05) is 0 Å². The molecule has 0 amide bonds. The molecular formula is C30H48O2. The van der Waals surface area contributed by atoms with Gasteiger partial charge in [0.15, 0.2) is 0 Å². The van der Waals surface area contributed by atoms with Crippen molar-refractivity contribution in [2.24, 2.45) is 56.7 Å². The molecule has 6 rings (SSSR count). The van der Waals surface area contributed by atoms with Crippen molar-refractivity contribution in [2.45, 2.75) is 112 Å². The fraction of sp³-hybridized carbons (Fsp3) is 0.933. The Balaban J connectivity index is 1.49. The molecule has 2 bridgehead atoms. The molecule has 5 aliphatic carbocycles. The van der Waals surface area contributed by atoms with Crippen LogP contribution >= 0.6 is 0 Å². The second kappa shape index (κ2) is 6.26. The van der Waals surface area contributed by atoms with Gasteiger partial charge in [0.05, 0.1) is 18.3 Å². The molecule has 0 aromatic heterocycles. The van der Waals surface area contributed by atoms with Crippen LogP contribution in [0.1, 0.15) is 99.8 Å². The lowest BCUT2D eigenvalue weighted by molar-refractivity contribution is -0.246. The molecule has 6 aliphatic rings. The van der Waals surface area contributed by atoms with Crippen LogP contribution in [0, 0.1) is 56.7 Å². The van der Waals surface area contributed by atoms with E-state index in [0.29, 0.717) is 23.2 Å². The van der Waals surface area contributed by atoms with E-state index < -0.39 is 0 Å². The van der Waals surface area contributed by atoms with Gasteiger partial charge in [-0.2, -0.15) is 0 Å². The van der Waals surface area contributed by atoms with E-state index in [1.165, 1.54) is 38.5 Å². The zero-order chi connectivity index (χ0) is 22.9. The number of fused-ring (bicyclic) bond motifs is 4. The van der Waals surface area contributed by atoms with Gasteiger partial charge in [0.25, 0.3) is 0 Å². The number of rotatable bonds is 0. The molecule has 5 fully saturated rings. The van der Waals surface area contributed by atoms with Gasteiger partial charge in [-0.05, 0) is 96.7 Å². The van der Waals surface area contributed by atoms with Gasteiger partial charge in [-0.15, -0.1) is 0 Å². The van der Waals surface area contributed by atoms with E-state index in [-0.39, 0.29) is 33.4 Å². The predicted molar refractivity (Wildman–Crippen MR) is 130 cm³/mol. The first-order chi connectivity index (χ1) is 14.9. The molecule has 2 heteroatoms. The molecule has 0 aromatic rings. The van der Waals surface area contributed by atoms with Gasteiger partial charge in [0, 0.05) is 11.3 Å². The number of hydrogen-bond acceptors (Lipinski definition) is 2. The first-order valence-corrected chi connectivity index (χ1v) is 13.9. The molecule has 11 unspecified atom stereocenters. The van der Waals surface area contributed by atoms with Crippen LogP contribution in [-0.2, 0) is 4.74 Å². The number of allylic oxidation sites excluding steroid dienone is 1. The van der Waals surface area contributed by atoms with Gasteiger partial charge in [0.1, 0.15) is 0 Å². The van der Waals surface area contributed by atoms with Gasteiger partial charge in [-0.3, -0.25) is 0 Å². The second-order valence-corrected chi connectivity index (χ2v) is 14.9. The average Bonchev–Trinajstić information content (AvgIpc) is 3.00. The second-order valence-electron chi connectivity index (χ2n) is 14.9. The Morgan fingerprint density at radius 3 is 2.38 bits per heavy atom. The lowest BCUT2D eigenvalue weighted by Crippen LogP contribution is -2.71. The summed E-state index contributed by atoms with van der Waals surface area (Å²) in [6.45, 7) is 18.6. The maximum absolute atomic E-state index is 10.9. The Labute approximate surface area is 197 Å². The monoisotopic (exact) mass is 440 g/mol. The number of aliphatic hydroxyl groups excluding tert-OH is 1. The standard InChI is InChI=1S/C30H48O2/c1-19-8-14-29-17-16-28(7)27(6)13-9-21-25(3,4)23(31)11-12-26(21,5)22(27)10-15-30(28,32-18-29)24(29)20(19)2/h10,15,19-24,31H,8-9,11-14,16-18H2,1-7H3. The Kier molecular flexibility index (Phi) is 4.33. The molecule has 11 atom stereocenters. The molecular weight excluding hydrogens is 392 g/mol. The highest BCUT2D eigenvalue weighted by atomic mass is 16.5. The molecule has 1 N–H and O–H groups in total. The number of hydrogen-bond donors (Lipinski definition) is 1. The third kappa shape index (κ3) is 2.18. The molecule has 0 aromatic carbocycles. The Morgan fingerprint density at radius 2 is 1.62 bits per heavy atom. The highest BCUT2D eigenvalue weighted by Crippen LogP contribution is 2.79. The highest BCUT2D eigenvalue weighted by Gasteiger charge is 2.77. The van der Waals surface area contributed by atoms with Crippen molar-refractivity contribution >= 4 is 0 Å². The lowest BCUT2D eigenvalue weighted by atomic mass is 9.32. The zero-order valence-corrected chi connectivity index (χ0v) is 21.8. The maximum Gasteiger partial charge on any atom is 0.0958 e. The minimum absolute atomic E-state index is 0.0110. The third-order valence-electron chi connectivity index (χ3n) is 13.9. The van der Waals surface area contributed by atoms with Gasteiger partial charge in [-0.1, -0.05) is 60.6 Å². The number of ether oxygens (including phenoxy) is 1. The quantitative estimate of drug-likeness (QED) is 0.410. The zero-order valence-electron chi connectivity index (χ0n) is 21.8. The fourth-order valence-electron chi connectivity index (χ4n) is 11.6. The van der Waals surface area contributed by atoms with Crippen LogP contribution in [0.25, 0.3) is 0 Å². The van der Waals surface area contributed by atoms with Crippen molar-refractivity contribution in [3.8, 4) is 0 Å². The van der Waals surface area contributed by atoms with E-state index in [1.54, 1.807) is 0 Å². The molecule has 1 aliphatic heterocycles. The van der Waals surface area contributed by atoms with Crippen LogP contribution in [-0.4, -0.2) is 23.4 Å². The van der Waals surface area contributed by atoms with Crippen molar-refractivity contribution in [2.75, 3.05) is 6.61 Å². The van der Waals surface area contributed by atoms with Crippen LogP contribution < -0.4 is 0 Å². The van der Waals surface area contributed by atoms with Crippen LogP contribution in [0.2, 0.25) is 0 Å². The van der Waals surface area contributed by atoms with Gasteiger partial charge >= 0.3 is 0 Å². The summed E-state index contributed by atoms with van der Waals surface area (Å²) in [4.78, 5) is 0. The highest BCUT2D eigenvalue weighted by molar-refractivity contribution is 5.35. The molecule has 180 valence electrons. The summed E-state index contributed by atoms with van der Waals surface area (Å²) in [5.74, 6) is 3.42. The molecule has 2 nitrogen and oxygen atoms in total. The fourth-order valence-corrected chi connectivity index (χ4v) is 11.6. The largest absolute Gasteiger partial charge is 0.393 e. The first-order valence-electron chi connectivity index (χ1n) is 13.9. The molecule has 1 saturated heterocycles. The molecule has 1 spiro atoms. The van der Waals surface area contributed by atoms with Crippen LogP contribution in [0.4, 0.5) is 0 Å². The minimum atomic E-state index is -0.155.